The van der Waals surface area contributed by atoms with E-state index < -0.39 is 18.2 Å². The molecular weight excluding hydrogens is 142 g/mol. The minimum Gasteiger partial charge on any atom is -0.401 e. The van der Waals surface area contributed by atoms with Gasteiger partial charge in [-0.2, -0.15) is 0 Å². The first-order chi connectivity index (χ1) is 5.00. The van der Waals surface area contributed by atoms with E-state index in [1.54, 1.807) is 13.0 Å². The summed E-state index contributed by atoms with van der Waals surface area (Å²) in [4.78, 5) is 0. The second kappa shape index (κ2) is 4.30. The fourth-order valence-electron chi connectivity index (χ4n) is 0.654. The third kappa shape index (κ3) is 2.85. The summed E-state index contributed by atoms with van der Waals surface area (Å²) in [5, 5.41) is 0. The third-order valence-electron chi connectivity index (χ3n) is 1.58. The number of hydrogen-bond acceptors (Lipinski definition) is 5. The van der Waals surface area contributed by atoms with Crippen molar-refractivity contribution in [1.29, 1.82) is 0 Å². The lowest BCUT2D eigenvalue weighted by Gasteiger charge is -2.22. The maximum atomic E-state index is 5.59. The van der Waals surface area contributed by atoms with E-state index in [0.717, 1.165) is 0 Å². The Morgan fingerprint density at radius 3 is 1.91 bits per heavy atom. The molecule has 0 bridgehead atoms. The highest BCUT2D eigenvalue weighted by Crippen LogP contribution is 1.96. The minimum absolute atomic E-state index is 0.458. The molecule has 5 nitrogen and oxygen atoms in total. The Labute approximate surface area is 66.6 Å². The van der Waals surface area contributed by atoms with Crippen molar-refractivity contribution >= 4 is 0 Å². The lowest BCUT2D eigenvalue weighted by molar-refractivity contribution is 0.482. The molecule has 5 heteroatoms. The van der Waals surface area contributed by atoms with Crippen LogP contribution in [0.5, 0.6) is 0 Å². The summed E-state index contributed by atoms with van der Waals surface area (Å²) in [6.45, 7) is 1.78. The molecule has 2 atom stereocenters. The van der Waals surface area contributed by atoms with Crippen molar-refractivity contribution in [2.45, 2.75) is 25.2 Å². The smallest absolute Gasteiger partial charge is 0.0696 e. The van der Waals surface area contributed by atoms with Gasteiger partial charge in [0.2, 0.25) is 0 Å². The van der Waals surface area contributed by atoms with Crippen LogP contribution in [0.25, 0.3) is 0 Å². The number of allylic oxidation sites excluding steroid dienone is 1. The first-order valence-electron chi connectivity index (χ1n) is 3.44. The third-order valence-corrected chi connectivity index (χ3v) is 1.58. The second-order valence-electron chi connectivity index (χ2n) is 2.47. The first kappa shape index (κ1) is 10.4. The molecule has 10 N–H and O–H groups in total. The van der Waals surface area contributed by atoms with Crippen LogP contribution in [0.4, 0.5) is 0 Å². The van der Waals surface area contributed by atoms with Crippen molar-refractivity contribution in [3.8, 4) is 0 Å². The van der Waals surface area contributed by atoms with Crippen LogP contribution >= 0.6 is 0 Å². The highest BCUT2D eigenvalue weighted by molar-refractivity contribution is 5.08. The molecule has 0 saturated heterocycles. The Balaban J connectivity index is 4.13. The molecule has 2 unspecified atom stereocenters. The molecule has 0 aromatic carbocycles. The minimum atomic E-state index is -0.636. The van der Waals surface area contributed by atoms with Gasteiger partial charge in [-0.25, -0.2) is 0 Å². The number of rotatable bonds is 3. The average molecular weight is 159 g/mol. The fraction of sp³-hybridized carbons (Fsp3) is 0.667. The predicted molar refractivity (Wildman–Crippen MR) is 46.1 cm³/mol. The van der Waals surface area contributed by atoms with Crippen LogP contribution in [0.1, 0.15) is 6.92 Å². The van der Waals surface area contributed by atoms with Gasteiger partial charge in [-0.15, -0.1) is 0 Å². The van der Waals surface area contributed by atoms with E-state index in [2.05, 4.69) is 0 Å². The van der Waals surface area contributed by atoms with Gasteiger partial charge < -0.3 is 28.7 Å². The van der Waals surface area contributed by atoms with Crippen LogP contribution in [0.15, 0.2) is 11.8 Å². The molecule has 0 aromatic heterocycles. The van der Waals surface area contributed by atoms with Gasteiger partial charge in [-0.1, -0.05) is 6.08 Å². The summed E-state index contributed by atoms with van der Waals surface area (Å²) >= 11 is 0. The van der Waals surface area contributed by atoms with E-state index in [4.69, 9.17) is 28.7 Å². The van der Waals surface area contributed by atoms with Crippen molar-refractivity contribution in [3.05, 3.63) is 11.8 Å². The van der Waals surface area contributed by atoms with Crippen molar-refractivity contribution in [3.63, 3.8) is 0 Å². The van der Waals surface area contributed by atoms with Crippen molar-refractivity contribution in [2.75, 3.05) is 0 Å². The molecule has 11 heavy (non-hydrogen) atoms. The fourth-order valence-corrected chi connectivity index (χ4v) is 0.654. The van der Waals surface area contributed by atoms with E-state index in [-0.39, 0.29) is 0 Å². The predicted octanol–water partition coefficient (Wildman–Crippen LogP) is -2.25. The van der Waals surface area contributed by atoms with Gasteiger partial charge in [0.05, 0.1) is 18.2 Å². The Hall–Kier alpha value is -0.620. The van der Waals surface area contributed by atoms with Crippen LogP contribution in [-0.4, -0.2) is 18.2 Å². The van der Waals surface area contributed by atoms with Crippen molar-refractivity contribution in [1.82, 2.24) is 0 Å². The molecular formula is C6H17N5. The zero-order valence-corrected chi connectivity index (χ0v) is 6.70. The summed E-state index contributed by atoms with van der Waals surface area (Å²) in [7, 11) is 0. The molecule has 0 aliphatic rings. The largest absolute Gasteiger partial charge is 0.401 e. The molecule has 0 radical (unpaired) electrons. The highest BCUT2D eigenvalue weighted by Gasteiger charge is 2.18. The Morgan fingerprint density at radius 2 is 1.64 bits per heavy atom. The maximum Gasteiger partial charge on any atom is 0.0696 e. The molecule has 66 valence electrons. The molecule has 0 saturated carbocycles. The number of nitrogens with two attached hydrogens (primary N) is 5. The van der Waals surface area contributed by atoms with E-state index in [9.17, 15) is 0 Å². The highest BCUT2D eigenvalue weighted by atomic mass is 15.0. The Kier molecular flexibility index (Phi) is 4.06. The van der Waals surface area contributed by atoms with Crippen LogP contribution in [-0.2, 0) is 0 Å². The second-order valence-corrected chi connectivity index (χ2v) is 2.47. The van der Waals surface area contributed by atoms with Crippen LogP contribution in [0.2, 0.25) is 0 Å². The molecule has 0 amide bonds. The molecule has 0 aromatic rings. The quantitative estimate of drug-likeness (QED) is 0.297. The maximum absolute atomic E-state index is 5.59. The van der Waals surface area contributed by atoms with Crippen LogP contribution in [0.3, 0.4) is 0 Å². The van der Waals surface area contributed by atoms with Gasteiger partial charge in [0.1, 0.15) is 0 Å². The number of hydrogen-bond donors (Lipinski definition) is 5. The topological polar surface area (TPSA) is 130 Å². The first-order valence-corrected chi connectivity index (χ1v) is 3.44. The lowest BCUT2D eigenvalue weighted by atomic mass is 10.0. The molecule has 0 heterocycles. The van der Waals surface area contributed by atoms with Gasteiger partial charge in [0.15, 0.2) is 0 Å². The van der Waals surface area contributed by atoms with Gasteiger partial charge in [-0.3, -0.25) is 0 Å². The molecule has 0 aliphatic carbocycles. The average Bonchev–Trinajstić information content (AvgIpc) is 2.00. The lowest BCUT2D eigenvalue weighted by Crippen LogP contribution is -2.58. The van der Waals surface area contributed by atoms with E-state index in [1.165, 1.54) is 0 Å². The molecule has 0 spiro atoms. The van der Waals surface area contributed by atoms with Crippen molar-refractivity contribution in [2.24, 2.45) is 28.7 Å². The van der Waals surface area contributed by atoms with E-state index >= 15 is 0 Å². The molecule has 0 rings (SSSR count). The van der Waals surface area contributed by atoms with Crippen LogP contribution in [0, 0.1) is 0 Å². The standard InChI is InChI=1S/C6H17N5/c1-2-3(7)4(8)5(9)6(10)11/h2,4-6H,7-11H2,1H3/b3-2-. The monoisotopic (exact) mass is 159 g/mol. The van der Waals surface area contributed by atoms with Crippen molar-refractivity contribution < 1.29 is 0 Å². The zero-order chi connectivity index (χ0) is 9.02. The molecule has 0 aliphatic heterocycles. The Bertz CT molecular complexity index is 142. The summed E-state index contributed by atoms with van der Waals surface area (Å²) in [5.41, 5.74) is 27.8. The van der Waals surface area contributed by atoms with Gasteiger partial charge >= 0.3 is 0 Å². The van der Waals surface area contributed by atoms with Crippen LogP contribution < -0.4 is 28.7 Å². The van der Waals surface area contributed by atoms with Gasteiger partial charge in [-0.05, 0) is 6.92 Å². The zero-order valence-electron chi connectivity index (χ0n) is 6.70. The summed E-state index contributed by atoms with van der Waals surface area (Å²) in [6.07, 6.45) is 1.05. The van der Waals surface area contributed by atoms with Gasteiger partial charge in [0.25, 0.3) is 0 Å². The SMILES string of the molecule is C/C=C(\N)C(N)C(N)C(N)N. The summed E-state index contributed by atoms with van der Waals surface area (Å²) in [5.74, 6) is 0. The van der Waals surface area contributed by atoms with E-state index in [1.807, 2.05) is 0 Å². The van der Waals surface area contributed by atoms with Gasteiger partial charge in [0, 0.05) is 5.70 Å². The van der Waals surface area contributed by atoms with E-state index in [0.29, 0.717) is 5.70 Å². The Morgan fingerprint density at radius 1 is 1.18 bits per heavy atom. The summed E-state index contributed by atoms with van der Waals surface area (Å²) < 4.78 is 0. The normalized spacial score (nSPS) is 18.5. The molecule has 0 fully saturated rings. The summed E-state index contributed by atoms with van der Waals surface area (Å²) in [6, 6.07) is -0.953.